The Morgan fingerprint density at radius 1 is 1.00 bits per heavy atom. The van der Waals surface area contributed by atoms with Crippen LogP contribution in [0.15, 0.2) is 66.1 Å². The molecule has 0 aliphatic carbocycles. The van der Waals surface area contributed by atoms with E-state index in [4.69, 9.17) is 34.7 Å². The van der Waals surface area contributed by atoms with Gasteiger partial charge in [0.05, 0.1) is 56.2 Å². The van der Waals surface area contributed by atoms with Gasteiger partial charge in [0.2, 0.25) is 0 Å². The summed E-state index contributed by atoms with van der Waals surface area (Å²) in [6.07, 6.45) is 8.69. The minimum Gasteiger partial charge on any atom is -0.495 e. The van der Waals surface area contributed by atoms with Crippen molar-refractivity contribution < 1.29 is 18.9 Å². The quantitative estimate of drug-likeness (QED) is 0.393. The Morgan fingerprint density at radius 2 is 1.92 bits per heavy atom. The maximum absolute atomic E-state index is 6.36. The van der Waals surface area contributed by atoms with Gasteiger partial charge in [-0.05, 0) is 42.3 Å². The maximum Gasteiger partial charge on any atom is 0.283 e. The normalized spacial score (nSPS) is 19.7. The number of ether oxygens (including phenoxy) is 4. The minimum absolute atomic E-state index is 0.153. The van der Waals surface area contributed by atoms with Gasteiger partial charge in [-0.2, -0.15) is 0 Å². The van der Waals surface area contributed by atoms with Crippen molar-refractivity contribution in [1.82, 2.24) is 15.0 Å². The van der Waals surface area contributed by atoms with E-state index in [2.05, 4.69) is 33.5 Å². The summed E-state index contributed by atoms with van der Waals surface area (Å²) in [6.45, 7) is 1.69. The van der Waals surface area contributed by atoms with Crippen molar-refractivity contribution in [3.63, 3.8) is 0 Å². The lowest BCUT2D eigenvalue weighted by molar-refractivity contribution is 0.161. The Morgan fingerprint density at radius 3 is 2.77 bits per heavy atom. The van der Waals surface area contributed by atoms with Crippen LogP contribution in [-0.4, -0.2) is 47.9 Å². The number of nitrogens with two attached hydrogens (primary N) is 1. The summed E-state index contributed by atoms with van der Waals surface area (Å²) in [5, 5.41) is 3.51. The zero-order valence-corrected chi connectivity index (χ0v) is 21.3. The van der Waals surface area contributed by atoms with E-state index in [1.54, 1.807) is 25.7 Å². The fourth-order valence-electron chi connectivity index (χ4n) is 5.42. The molecule has 3 N–H and O–H groups in total. The van der Waals surface area contributed by atoms with Crippen LogP contribution in [0.4, 0.5) is 11.4 Å². The van der Waals surface area contributed by atoms with E-state index < -0.39 is 5.54 Å². The molecule has 0 amide bonds. The Labute approximate surface area is 224 Å². The number of rotatable bonds is 4. The first-order chi connectivity index (χ1) is 19.1. The first kappa shape index (κ1) is 23.4. The molecule has 1 spiro atoms. The second-order valence-corrected chi connectivity index (χ2v) is 9.57. The summed E-state index contributed by atoms with van der Waals surface area (Å²) < 4.78 is 22.7. The molecule has 4 aromatic rings. The number of nitrogens with one attached hydrogen (secondary N) is 1. The average molecular weight is 523 g/mol. The molecular weight excluding hydrogens is 496 g/mol. The van der Waals surface area contributed by atoms with Gasteiger partial charge in [-0.3, -0.25) is 9.97 Å². The summed E-state index contributed by atoms with van der Waals surface area (Å²) in [6, 6.07) is 12.0. The van der Waals surface area contributed by atoms with Gasteiger partial charge in [0.1, 0.15) is 22.6 Å². The molecule has 6 heterocycles. The fourth-order valence-corrected chi connectivity index (χ4v) is 5.42. The first-order valence-electron chi connectivity index (χ1n) is 12.8. The maximum atomic E-state index is 6.36. The summed E-state index contributed by atoms with van der Waals surface area (Å²) >= 11 is 0. The highest BCUT2D eigenvalue weighted by atomic mass is 16.5. The number of hydrogen-bond acceptors (Lipinski definition) is 10. The fraction of sp³-hybridized carbons (Fsp3) is 0.241. The Hall–Kier alpha value is -4.70. The molecule has 10 heteroatoms. The lowest BCUT2D eigenvalue weighted by atomic mass is 9.77. The standard InChI is InChI=1S/C29H26N6O4/c1-36-19-13-24-27(33-15-19)22(4-8-31-24)34-18-2-3-25-20(12-18)29(7-11-38-28(30)35-29)21-14-23(32-16-26(21)39-25)17-5-9-37-10-6-17/h2-5,8,12-16H,6-7,9-11H2,1H3,(H2,30,35)(H,31,34). The second kappa shape index (κ2) is 9.25. The smallest absolute Gasteiger partial charge is 0.283 e. The summed E-state index contributed by atoms with van der Waals surface area (Å²) in [5.74, 6) is 2.02. The van der Waals surface area contributed by atoms with Gasteiger partial charge in [-0.15, -0.1) is 0 Å². The van der Waals surface area contributed by atoms with Crippen LogP contribution in [0.1, 0.15) is 29.7 Å². The van der Waals surface area contributed by atoms with Gasteiger partial charge < -0.3 is 30.0 Å². The predicted octanol–water partition coefficient (Wildman–Crippen LogP) is 4.67. The summed E-state index contributed by atoms with van der Waals surface area (Å²) in [7, 11) is 1.61. The molecular formula is C29H26N6O4. The van der Waals surface area contributed by atoms with Crippen LogP contribution in [0.3, 0.4) is 0 Å². The highest BCUT2D eigenvalue weighted by molar-refractivity contribution is 5.90. The summed E-state index contributed by atoms with van der Waals surface area (Å²) in [5.41, 5.74) is 12.4. The largest absolute Gasteiger partial charge is 0.495 e. The van der Waals surface area contributed by atoms with Crippen LogP contribution in [-0.2, 0) is 15.0 Å². The molecule has 1 unspecified atom stereocenters. The van der Waals surface area contributed by atoms with Crippen LogP contribution in [0.2, 0.25) is 0 Å². The van der Waals surface area contributed by atoms with Crippen LogP contribution in [0, 0.1) is 0 Å². The number of aliphatic imine (C=N–C) groups is 1. The van der Waals surface area contributed by atoms with Crippen LogP contribution in [0.5, 0.6) is 17.2 Å². The monoisotopic (exact) mass is 522 g/mol. The highest BCUT2D eigenvalue weighted by Gasteiger charge is 2.45. The molecule has 7 rings (SSSR count). The van der Waals surface area contributed by atoms with Crippen LogP contribution >= 0.6 is 0 Å². The topological polar surface area (TPSA) is 126 Å². The number of fused-ring (bicyclic) bond motifs is 5. The van der Waals surface area contributed by atoms with Gasteiger partial charge in [-0.1, -0.05) is 6.08 Å². The van der Waals surface area contributed by atoms with Gasteiger partial charge >= 0.3 is 0 Å². The van der Waals surface area contributed by atoms with E-state index >= 15 is 0 Å². The SMILES string of the molecule is COc1cnc2c(Nc3ccc4c(c3)C3(CCOC(N)=N3)c3cc(C5=CCOCC5)ncc3O4)ccnc2c1. The molecule has 10 nitrogen and oxygen atoms in total. The van der Waals surface area contributed by atoms with Crippen molar-refractivity contribution in [2.24, 2.45) is 10.7 Å². The highest BCUT2D eigenvalue weighted by Crippen LogP contribution is 2.53. The van der Waals surface area contributed by atoms with Crippen molar-refractivity contribution in [2.45, 2.75) is 18.4 Å². The zero-order valence-electron chi connectivity index (χ0n) is 21.3. The number of aromatic nitrogens is 3. The van der Waals surface area contributed by atoms with Gasteiger partial charge in [0, 0.05) is 35.5 Å². The number of nitrogens with zero attached hydrogens (tertiary/aromatic N) is 4. The van der Waals surface area contributed by atoms with Crippen molar-refractivity contribution in [3.05, 3.63) is 77.9 Å². The molecule has 0 radical (unpaired) electrons. The molecule has 0 bridgehead atoms. The summed E-state index contributed by atoms with van der Waals surface area (Å²) in [4.78, 5) is 18.6. The van der Waals surface area contributed by atoms with Crippen molar-refractivity contribution in [2.75, 3.05) is 32.2 Å². The average Bonchev–Trinajstić information content (AvgIpc) is 2.98. The third-order valence-corrected chi connectivity index (χ3v) is 7.33. The zero-order chi connectivity index (χ0) is 26.4. The van der Waals surface area contributed by atoms with E-state index in [9.17, 15) is 0 Å². The van der Waals surface area contributed by atoms with Crippen molar-refractivity contribution in [1.29, 1.82) is 0 Å². The van der Waals surface area contributed by atoms with E-state index in [1.165, 1.54) is 0 Å². The molecule has 0 saturated carbocycles. The Kier molecular flexibility index (Phi) is 5.55. The second-order valence-electron chi connectivity index (χ2n) is 9.57. The molecule has 1 aromatic carbocycles. The molecule has 196 valence electrons. The lowest BCUT2D eigenvalue weighted by Gasteiger charge is -2.39. The Bertz CT molecular complexity index is 1670. The van der Waals surface area contributed by atoms with Crippen LogP contribution < -0.4 is 20.5 Å². The molecule has 0 fully saturated rings. The van der Waals surface area contributed by atoms with Crippen molar-refractivity contribution >= 4 is 34.0 Å². The molecule has 3 aromatic heterocycles. The number of benzene rings is 1. The van der Waals surface area contributed by atoms with Crippen LogP contribution in [0.25, 0.3) is 16.6 Å². The predicted molar refractivity (Wildman–Crippen MR) is 147 cm³/mol. The number of amidine groups is 1. The lowest BCUT2D eigenvalue weighted by Crippen LogP contribution is -2.38. The third kappa shape index (κ3) is 4.00. The van der Waals surface area contributed by atoms with Gasteiger partial charge in [-0.25, -0.2) is 9.98 Å². The van der Waals surface area contributed by atoms with Gasteiger partial charge in [0.15, 0.2) is 5.75 Å². The van der Waals surface area contributed by atoms with Crippen molar-refractivity contribution in [3.8, 4) is 17.2 Å². The minimum atomic E-state index is -0.779. The molecule has 3 aliphatic heterocycles. The third-order valence-electron chi connectivity index (χ3n) is 7.33. The molecule has 1 atom stereocenters. The molecule has 3 aliphatic rings. The molecule has 0 saturated heterocycles. The number of hydrogen-bond donors (Lipinski definition) is 2. The molecule has 39 heavy (non-hydrogen) atoms. The van der Waals surface area contributed by atoms with Gasteiger partial charge in [0.25, 0.3) is 6.02 Å². The van der Waals surface area contributed by atoms with E-state index in [0.717, 1.165) is 51.2 Å². The van der Waals surface area contributed by atoms with E-state index in [1.807, 2.05) is 24.3 Å². The number of anilines is 2. The number of methoxy groups -OCH3 is 1. The number of pyridine rings is 3. The van der Waals surface area contributed by atoms with E-state index in [-0.39, 0.29) is 6.02 Å². The Balaban J connectivity index is 1.33. The van der Waals surface area contributed by atoms with E-state index in [0.29, 0.717) is 43.5 Å². The first-order valence-corrected chi connectivity index (χ1v) is 12.8.